The van der Waals surface area contributed by atoms with Gasteiger partial charge in [0.05, 0.1) is 0 Å². The number of carbonyl (C=O) groups is 1. The van der Waals surface area contributed by atoms with Gasteiger partial charge >= 0.3 is 5.97 Å². The van der Waals surface area contributed by atoms with Crippen LogP contribution in [0, 0.1) is 5.92 Å². The van der Waals surface area contributed by atoms with Crippen LogP contribution < -0.4 is 10.5 Å². The molecule has 1 saturated carbocycles. The molecule has 0 aromatic heterocycles. The molecule has 16 heavy (non-hydrogen) atoms. The Morgan fingerprint density at radius 1 is 1.44 bits per heavy atom. The standard InChI is InChI=1S/C12H15NO3/c13-12(11(14)15,9-6-7-9)8-16-10-4-2-1-3-5-10/h1-5,9H,6-8,13H2,(H,14,15). The van der Waals surface area contributed by atoms with E-state index < -0.39 is 11.5 Å². The molecule has 0 spiro atoms. The predicted octanol–water partition coefficient (Wildman–Crippen LogP) is 1.26. The summed E-state index contributed by atoms with van der Waals surface area (Å²) in [6.45, 7) is 0.0248. The van der Waals surface area contributed by atoms with E-state index in [0.29, 0.717) is 5.75 Å². The lowest BCUT2D eigenvalue weighted by Gasteiger charge is -2.24. The topological polar surface area (TPSA) is 72.5 Å². The summed E-state index contributed by atoms with van der Waals surface area (Å²) in [5.41, 5.74) is 4.63. The van der Waals surface area contributed by atoms with E-state index in [1.807, 2.05) is 18.2 Å². The zero-order valence-electron chi connectivity index (χ0n) is 8.93. The van der Waals surface area contributed by atoms with Gasteiger partial charge in [-0.05, 0) is 30.9 Å². The van der Waals surface area contributed by atoms with E-state index >= 15 is 0 Å². The first-order valence-electron chi connectivity index (χ1n) is 5.33. The molecule has 4 heteroatoms. The molecular weight excluding hydrogens is 206 g/mol. The molecule has 1 atom stereocenters. The number of rotatable bonds is 5. The molecule has 3 N–H and O–H groups in total. The number of carboxylic acids is 1. The fourth-order valence-corrected chi connectivity index (χ4v) is 1.67. The van der Waals surface area contributed by atoms with Crippen molar-refractivity contribution >= 4 is 5.97 Å². The van der Waals surface area contributed by atoms with Crippen LogP contribution in [-0.4, -0.2) is 23.2 Å². The van der Waals surface area contributed by atoms with E-state index in [1.165, 1.54) is 0 Å². The largest absolute Gasteiger partial charge is 0.491 e. The number of hydrogen-bond acceptors (Lipinski definition) is 3. The maximum atomic E-state index is 11.1. The molecule has 1 aliphatic carbocycles. The van der Waals surface area contributed by atoms with E-state index in [-0.39, 0.29) is 12.5 Å². The molecule has 0 radical (unpaired) electrons. The molecule has 4 nitrogen and oxygen atoms in total. The highest BCUT2D eigenvalue weighted by Crippen LogP contribution is 2.38. The maximum Gasteiger partial charge on any atom is 0.327 e. The van der Waals surface area contributed by atoms with Gasteiger partial charge in [0, 0.05) is 0 Å². The molecule has 1 aliphatic rings. The summed E-state index contributed by atoms with van der Waals surface area (Å²) < 4.78 is 5.43. The molecular formula is C12H15NO3. The van der Waals surface area contributed by atoms with Crippen LogP contribution in [-0.2, 0) is 4.79 Å². The second-order valence-electron chi connectivity index (χ2n) is 4.22. The van der Waals surface area contributed by atoms with E-state index in [9.17, 15) is 4.79 Å². The van der Waals surface area contributed by atoms with Gasteiger partial charge in [-0.2, -0.15) is 0 Å². The van der Waals surface area contributed by atoms with Crippen molar-refractivity contribution in [2.45, 2.75) is 18.4 Å². The molecule has 0 amide bonds. The lowest BCUT2D eigenvalue weighted by atomic mass is 9.96. The van der Waals surface area contributed by atoms with Crippen LogP contribution in [0.15, 0.2) is 30.3 Å². The maximum absolute atomic E-state index is 11.1. The van der Waals surface area contributed by atoms with Gasteiger partial charge in [-0.25, -0.2) is 0 Å². The van der Waals surface area contributed by atoms with Gasteiger partial charge in [-0.1, -0.05) is 18.2 Å². The quantitative estimate of drug-likeness (QED) is 0.785. The number of carboxylic acid groups (broad SMARTS) is 1. The van der Waals surface area contributed by atoms with Crippen LogP contribution in [0.3, 0.4) is 0 Å². The van der Waals surface area contributed by atoms with Crippen molar-refractivity contribution in [3.8, 4) is 5.75 Å². The van der Waals surface area contributed by atoms with Crippen molar-refractivity contribution in [3.05, 3.63) is 30.3 Å². The Morgan fingerprint density at radius 2 is 2.06 bits per heavy atom. The number of ether oxygens (including phenoxy) is 1. The molecule has 1 aromatic rings. The monoisotopic (exact) mass is 221 g/mol. The summed E-state index contributed by atoms with van der Waals surface area (Å²) in [6.07, 6.45) is 1.75. The van der Waals surface area contributed by atoms with Gasteiger partial charge in [0.15, 0.2) is 5.54 Å². The number of para-hydroxylation sites is 1. The summed E-state index contributed by atoms with van der Waals surface area (Å²) >= 11 is 0. The van der Waals surface area contributed by atoms with Crippen LogP contribution in [0.5, 0.6) is 5.75 Å². The lowest BCUT2D eigenvalue weighted by Crippen LogP contribution is -2.54. The third kappa shape index (κ3) is 2.17. The average Bonchev–Trinajstić information content (AvgIpc) is 3.11. The third-order valence-corrected chi connectivity index (χ3v) is 2.92. The Kier molecular flexibility index (Phi) is 2.83. The van der Waals surface area contributed by atoms with Gasteiger partial charge in [-0.15, -0.1) is 0 Å². The zero-order chi connectivity index (χ0) is 11.6. The Balaban J connectivity index is 2.00. The van der Waals surface area contributed by atoms with Crippen molar-refractivity contribution in [2.75, 3.05) is 6.61 Å². The molecule has 0 heterocycles. The fraction of sp³-hybridized carbons (Fsp3) is 0.417. The van der Waals surface area contributed by atoms with E-state index in [0.717, 1.165) is 12.8 Å². The van der Waals surface area contributed by atoms with Crippen molar-refractivity contribution in [2.24, 2.45) is 11.7 Å². The van der Waals surface area contributed by atoms with Crippen LogP contribution in [0.25, 0.3) is 0 Å². The highest BCUT2D eigenvalue weighted by atomic mass is 16.5. The first-order valence-corrected chi connectivity index (χ1v) is 5.33. The number of nitrogens with two attached hydrogens (primary N) is 1. The smallest absolute Gasteiger partial charge is 0.327 e. The van der Waals surface area contributed by atoms with Crippen LogP contribution in [0.1, 0.15) is 12.8 Å². The molecule has 0 aliphatic heterocycles. The normalized spacial score (nSPS) is 18.8. The van der Waals surface area contributed by atoms with Gasteiger partial charge in [0.1, 0.15) is 12.4 Å². The van der Waals surface area contributed by atoms with Crippen molar-refractivity contribution in [3.63, 3.8) is 0 Å². The molecule has 1 aromatic carbocycles. The van der Waals surface area contributed by atoms with Crippen LogP contribution >= 0.6 is 0 Å². The van der Waals surface area contributed by atoms with Gasteiger partial charge in [0.25, 0.3) is 0 Å². The first-order chi connectivity index (χ1) is 7.63. The molecule has 1 fully saturated rings. The minimum atomic E-state index is -1.24. The summed E-state index contributed by atoms with van der Waals surface area (Å²) in [5, 5.41) is 9.12. The Hall–Kier alpha value is -1.55. The second-order valence-corrected chi connectivity index (χ2v) is 4.22. The van der Waals surface area contributed by atoms with Crippen molar-refractivity contribution in [1.29, 1.82) is 0 Å². The lowest BCUT2D eigenvalue weighted by molar-refractivity contribution is -0.145. The minimum absolute atomic E-state index is 0.0248. The van der Waals surface area contributed by atoms with E-state index in [4.69, 9.17) is 15.6 Å². The van der Waals surface area contributed by atoms with E-state index in [2.05, 4.69) is 0 Å². The number of aliphatic carboxylic acids is 1. The van der Waals surface area contributed by atoms with Crippen LogP contribution in [0.4, 0.5) is 0 Å². The first kappa shape index (κ1) is 11.0. The molecule has 2 rings (SSSR count). The Labute approximate surface area is 94.0 Å². The summed E-state index contributed by atoms with van der Waals surface area (Å²) in [7, 11) is 0. The Bertz CT molecular complexity index is 375. The predicted molar refractivity (Wildman–Crippen MR) is 59.2 cm³/mol. The third-order valence-electron chi connectivity index (χ3n) is 2.92. The summed E-state index contributed by atoms with van der Waals surface area (Å²) in [4.78, 5) is 11.1. The highest BCUT2D eigenvalue weighted by Gasteiger charge is 2.49. The second kappa shape index (κ2) is 4.14. The molecule has 86 valence electrons. The van der Waals surface area contributed by atoms with Crippen molar-refractivity contribution < 1.29 is 14.6 Å². The van der Waals surface area contributed by atoms with Crippen LogP contribution in [0.2, 0.25) is 0 Å². The van der Waals surface area contributed by atoms with Gasteiger partial charge in [0.2, 0.25) is 0 Å². The van der Waals surface area contributed by atoms with Gasteiger partial charge < -0.3 is 15.6 Å². The molecule has 0 saturated heterocycles. The van der Waals surface area contributed by atoms with E-state index in [1.54, 1.807) is 12.1 Å². The summed E-state index contributed by atoms with van der Waals surface area (Å²) in [6, 6.07) is 9.13. The summed E-state index contributed by atoms with van der Waals surface area (Å²) in [5.74, 6) is -0.279. The fourth-order valence-electron chi connectivity index (χ4n) is 1.67. The minimum Gasteiger partial charge on any atom is -0.491 e. The number of hydrogen-bond donors (Lipinski definition) is 2. The average molecular weight is 221 g/mol. The Morgan fingerprint density at radius 3 is 2.56 bits per heavy atom. The number of benzene rings is 1. The highest BCUT2D eigenvalue weighted by molar-refractivity contribution is 5.79. The molecule has 1 unspecified atom stereocenters. The zero-order valence-corrected chi connectivity index (χ0v) is 8.93. The SMILES string of the molecule is NC(COc1ccccc1)(C(=O)O)C1CC1. The molecule has 0 bridgehead atoms. The van der Waals surface area contributed by atoms with Gasteiger partial charge in [-0.3, -0.25) is 4.79 Å². The van der Waals surface area contributed by atoms with Crippen molar-refractivity contribution in [1.82, 2.24) is 0 Å².